The van der Waals surface area contributed by atoms with Crippen molar-refractivity contribution in [2.24, 2.45) is 4.99 Å². The average Bonchev–Trinajstić information content (AvgIpc) is 3.21. The SMILES string of the molecule is CCOc1ccc(/C=C2/SC(N3CCN(c4ccc(OC)cc4)CC3)=NC2=O)cc1OCC. The number of nitrogens with zero attached hydrogens (tertiary/aromatic N) is 3. The molecule has 8 heteroatoms. The van der Waals surface area contributed by atoms with Crippen molar-refractivity contribution < 1.29 is 19.0 Å². The highest BCUT2D eigenvalue weighted by Gasteiger charge is 2.28. The molecule has 0 saturated carbocycles. The Balaban J connectivity index is 1.39. The van der Waals surface area contributed by atoms with E-state index in [1.165, 1.54) is 17.4 Å². The summed E-state index contributed by atoms with van der Waals surface area (Å²) in [5, 5.41) is 0.775. The molecule has 2 aliphatic rings. The summed E-state index contributed by atoms with van der Waals surface area (Å²) in [5.41, 5.74) is 2.06. The van der Waals surface area contributed by atoms with Crippen LogP contribution in [-0.2, 0) is 4.79 Å². The number of methoxy groups -OCH3 is 1. The van der Waals surface area contributed by atoms with E-state index in [9.17, 15) is 4.79 Å². The summed E-state index contributed by atoms with van der Waals surface area (Å²) in [6, 6.07) is 13.8. The molecule has 2 aromatic carbocycles. The van der Waals surface area contributed by atoms with Crippen molar-refractivity contribution in [2.45, 2.75) is 13.8 Å². The van der Waals surface area contributed by atoms with Gasteiger partial charge in [0.1, 0.15) is 5.75 Å². The molecule has 2 aromatic rings. The Morgan fingerprint density at radius 2 is 1.61 bits per heavy atom. The molecule has 0 N–H and O–H groups in total. The Kier molecular flexibility index (Phi) is 7.44. The van der Waals surface area contributed by atoms with E-state index in [1.807, 2.05) is 50.3 Å². The highest BCUT2D eigenvalue weighted by molar-refractivity contribution is 8.18. The van der Waals surface area contributed by atoms with Crippen molar-refractivity contribution in [3.05, 3.63) is 52.9 Å². The molecular weight excluding hydrogens is 438 g/mol. The lowest BCUT2D eigenvalue weighted by Crippen LogP contribution is -2.47. The predicted molar refractivity (Wildman–Crippen MR) is 134 cm³/mol. The van der Waals surface area contributed by atoms with Crippen molar-refractivity contribution in [1.82, 2.24) is 4.90 Å². The minimum Gasteiger partial charge on any atom is -0.497 e. The molecule has 7 nitrogen and oxygen atoms in total. The van der Waals surface area contributed by atoms with E-state index in [2.05, 4.69) is 26.9 Å². The first-order valence-corrected chi connectivity index (χ1v) is 12.0. The van der Waals surface area contributed by atoms with Crippen molar-refractivity contribution in [3.63, 3.8) is 0 Å². The molecule has 1 saturated heterocycles. The molecule has 1 fully saturated rings. The molecule has 1 amide bonds. The van der Waals surface area contributed by atoms with Crippen LogP contribution in [0.4, 0.5) is 5.69 Å². The van der Waals surface area contributed by atoms with Gasteiger partial charge in [0.25, 0.3) is 5.91 Å². The second kappa shape index (κ2) is 10.7. The van der Waals surface area contributed by atoms with Crippen LogP contribution in [0, 0.1) is 0 Å². The molecule has 0 spiro atoms. The van der Waals surface area contributed by atoms with Gasteiger partial charge in [-0.15, -0.1) is 0 Å². The normalized spacial score (nSPS) is 17.4. The lowest BCUT2D eigenvalue weighted by Gasteiger charge is -2.36. The van der Waals surface area contributed by atoms with Crippen LogP contribution >= 0.6 is 11.8 Å². The van der Waals surface area contributed by atoms with Crippen molar-refractivity contribution in [2.75, 3.05) is 51.4 Å². The smallest absolute Gasteiger partial charge is 0.286 e. The van der Waals surface area contributed by atoms with E-state index in [0.717, 1.165) is 42.7 Å². The summed E-state index contributed by atoms with van der Waals surface area (Å²) in [5.74, 6) is 2.05. The van der Waals surface area contributed by atoms with Crippen LogP contribution in [0.1, 0.15) is 19.4 Å². The number of carbonyl (C=O) groups is 1. The quantitative estimate of drug-likeness (QED) is 0.563. The minimum atomic E-state index is -0.195. The maximum Gasteiger partial charge on any atom is 0.286 e. The van der Waals surface area contributed by atoms with Gasteiger partial charge in [-0.3, -0.25) is 4.79 Å². The topological polar surface area (TPSA) is 63.6 Å². The summed E-state index contributed by atoms with van der Waals surface area (Å²) in [4.78, 5) is 22.0. The molecule has 4 rings (SSSR count). The minimum absolute atomic E-state index is 0.195. The van der Waals surface area contributed by atoms with E-state index in [0.29, 0.717) is 29.6 Å². The maximum atomic E-state index is 12.6. The van der Waals surface area contributed by atoms with Gasteiger partial charge in [-0.2, -0.15) is 4.99 Å². The van der Waals surface area contributed by atoms with E-state index in [1.54, 1.807) is 7.11 Å². The monoisotopic (exact) mass is 467 g/mol. The number of aliphatic imine (C=N–C) groups is 1. The van der Waals surface area contributed by atoms with Gasteiger partial charge < -0.3 is 24.0 Å². The number of piperazine rings is 1. The third-order valence-corrected chi connectivity index (χ3v) is 6.51. The molecule has 33 heavy (non-hydrogen) atoms. The number of rotatable bonds is 7. The first-order valence-electron chi connectivity index (χ1n) is 11.2. The van der Waals surface area contributed by atoms with Crippen LogP contribution in [0.2, 0.25) is 0 Å². The van der Waals surface area contributed by atoms with Crippen LogP contribution in [0.15, 0.2) is 52.4 Å². The number of amides is 1. The van der Waals surface area contributed by atoms with Gasteiger partial charge in [-0.05, 0) is 73.6 Å². The average molecular weight is 468 g/mol. The Labute approximate surface area is 199 Å². The fourth-order valence-electron chi connectivity index (χ4n) is 3.79. The van der Waals surface area contributed by atoms with Crippen LogP contribution in [0.3, 0.4) is 0 Å². The maximum absolute atomic E-state index is 12.6. The third kappa shape index (κ3) is 5.45. The van der Waals surface area contributed by atoms with Gasteiger partial charge in [0.15, 0.2) is 16.7 Å². The number of thioether (sulfide) groups is 1. The standard InChI is InChI=1S/C25H29N3O4S/c1-4-31-21-11-6-18(16-22(21)32-5-2)17-23-24(29)26-25(33-23)28-14-12-27(13-15-28)19-7-9-20(30-3)10-8-19/h6-11,16-17H,4-5,12-15H2,1-3H3/b23-17+. The molecule has 2 heterocycles. The highest BCUT2D eigenvalue weighted by Crippen LogP contribution is 2.34. The second-order valence-corrected chi connectivity index (χ2v) is 8.56. The number of amidine groups is 1. The largest absolute Gasteiger partial charge is 0.497 e. The van der Waals surface area contributed by atoms with E-state index >= 15 is 0 Å². The van der Waals surface area contributed by atoms with Gasteiger partial charge in [0.05, 0.1) is 25.2 Å². The molecule has 0 atom stereocenters. The zero-order valence-corrected chi connectivity index (χ0v) is 20.1. The zero-order valence-electron chi connectivity index (χ0n) is 19.2. The zero-order chi connectivity index (χ0) is 23.2. The first-order chi connectivity index (χ1) is 16.1. The lowest BCUT2D eigenvalue weighted by atomic mass is 10.2. The molecule has 0 aliphatic carbocycles. The number of anilines is 1. The van der Waals surface area contributed by atoms with Gasteiger partial charge in [-0.25, -0.2) is 0 Å². The third-order valence-electron chi connectivity index (χ3n) is 5.46. The summed E-state index contributed by atoms with van der Waals surface area (Å²) in [6.45, 7) is 8.36. The fraction of sp³-hybridized carbons (Fsp3) is 0.360. The van der Waals surface area contributed by atoms with Crippen molar-refractivity contribution in [1.29, 1.82) is 0 Å². The molecule has 0 aromatic heterocycles. The van der Waals surface area contributed by atoms with Gasteiger partial charge in [-0.1, -0.05) is 6.07 Å². The number of hydrogen-bond acceptors (Lipinski definition) is 7. The van der Waals surface area contributed by atoms with Gasteiger partial charge in [0, 0.05) is 31.9 Å². The van der Waals surface area contributed by atoms with E-state index < -0.39 is 0 Å². The Hall–Kier alpha value is -3.13. The number of ether oxygens (including phenoxy) is 3. The number of benzene rings is 2. The molecule has 174 valence electrons. The van der Waals surface area contributed by atoms with Crippen LogP contribution in [-0.4, -0.2) is 62.5 Å². The summed E-state index contributed by atoms with van der Waals surface area (Å²) >= 11 is 1.44. The summed E-state index contributed by atoms with van der Waals surface area (Å²) in [6.07, 6.45) is 1.87. The molecular formula is C25H29N3O4S. The van der Waals surface area contributed by atoms with Crippen molar-refractivity contribution in [3.8, 4) is 17.2 Å². The van der Waals surface area contributed by atoms with E-state index in [-0.39, 0.29) is 5.91 Å². The second-order valence-electron chi connectivity index (χ2n) is 7.55. The Morgan fingerprint density at radius 1 is 0.939 bits per heavy atom. The van der Waals surface area contributed by atoms with Gasteiger partial charge in [0.2, 0.25) is 0 Å². The molecule has 0 unspecified atom stereocenters. The van der Waals surface area contributed by atoms with Crippen molar-refractivity contribution >= 4 is 34.6 Å². The fourth-order valence-corrected chi connectivity index (χ4v) is 4.76. The van der Waals surface area contributed by atoms with Gasteiger partial charge >= 0.3 is 0 Å². The molecule has 2 aliphatic heterocycles. The predicted octanol–water partition coefficient (Wildman–Crippen LogP) is 4.29. The van der Waals surface area contributed by atoms with Crippen LogP contribution in [0.25, 0.3) is 6.08 Å². The Morgan fingerprint density at radius 3 is 2.27 bits per heavy atom. The van der Waals surface area contributed by atoms with Crippen LogP contribution < -0.4 is 19.1 Å². The highest BCUT2D eigenvalue weighted by atomic mass is 32.2. The first kappa shape index (κ1) is 23.0. The van der Waals surface area contributed by atoms with E-state index in [4.69, 9.17) is 14.2 Å². The summed E-state index contributed by atoms with van der Waals surface area (Å²) in [7, 11) is 1.67. The van der Waals surface area contributed by atoms with Crippen LogP contribution in [0.5, 0.6) is 17.2 Å². The summed E-state index contributed by atoms with van der Waals surface area (Å²) < 4.78 is 16.6. The number of carbonyl (C=O) groups excluding carboxylic acids is 1. The number of hydrogen-bond donors (Lipinski definition) is 0. The molecule has 0 radical (unpaired) electrons. The molecule has 0 bridgehead atoms. The Bertz CT molecular complexity index is 1040. The lowest BCUT2D eigenvalue weighted by molar-refractivity contribution is -0.113.